The van der Waals surface area contributed by atoms with Crippen molar-refractivity contribution in [3.63, 3.8) is 0 Å². The highest BCUT2D eigenvalue weighted by molar-refractivity contribution is 6.20. The lowest BCUT2D eigenvalue weighted by molar-refractivity contribution is 0.0167. The van der Waals surface area contributed by atoms with Gasteiger partial charge in [-0.15, -0.1) is 11.6 Å². The predicted molar refractivity (Wildman–Crippen MR) is 51.8 cm³/mol. The summed E-state index contributed by atoms with van der Waals surface area (Å²) in [4.78, 5) is 4.06. The summed E-state index contributed by atoms with van der Waals surface area (Å²) in [6.07, 6.45) is 5.61. The van der Waals surface area contributed by atoms with Crippen molar-refractivity contribution in [3.05, 3.63) is 30.1 Å². The van der Waals surface area contributed by atoms with Gasteiger partial charge in [0, 0.05) is 24.4 Å². The number of nitrogens with zero attached hydrogens (tertiary/aromatic N) is 1. The van der Waals surface area contributed by atoms with Crippen LogP contribution in [0.1, 0.15) is 24.5 Å². The van der Waals surface area contributed by atoms with E-state index in [1.54, 1.807) is 6.20 Å². The van der Waals surface area contributed by atoms with Crippen LogP contribution in [-0.2, 0) is 4.74 Å². The molecule has 0 bridgehead atoms. The molecule has 1 fully saturated rings. The smallest absolute Gasteiger partial charge is 0.0853 e. The van der Waals surface area contributed by atoms with Crippen LogP contribution in [0.25, 0.3) is 0 Å². The van der Waals surface area contributed by atoms with Crippen LogP contribution in [0, 0.1) is 0 Å². The fourth-order valence-corrected chi connectivity index (χ4v) is 1.81. The maximum Gasteiger partial charge on any atom is 0.0853 e. The van der Waals surface area contributed by atoms with E-state index in [1.807, 2.05) is 18.3 Å². The maximum atomic E-state index is 6.06. The number of pyridine rings is 1. The van der Waals surface area contributed by atoms with Gasteiger partial charge in [-0.2, -0.15) is 0 Å². The van der Waals surface area contributed by atoms with Gasteiger partial charge < -0.3 is 4.74 Å². The standard InChI is InChI=1S/C10H12ClNO/c11-9-3-5-13-10(6-9)8-2-1-4-12-7-8/h1-2,4,7,9-10H,3,5-6H2. The quantitative estimate of drug-likeness (QED) is 0.646. The topological polar surface area (TPSA) is 22.1 Å². The van der Waals surface area contributed by atoms with Crippen molar-refractivity contribution in [2.24, 2.45) is 0 Å². The van der Waals surface area contributed by atoms with E-state index in [0.29, 0.717) is 0 Å². The van der Waals surface area contributed by atoms with Crippen molar-refractivity contribution >= 4 is 11.6 Å². The number of hydrogen-bond acceptors (Lipinski definition) is 2. The van der Waals surface area contributed by atoms with Gasteiger partial charge in [-0.3, -0.25) is 4.98 Å². The monoisotopic (exact) mass is 197 g/mol. The lowest BCUT2D eigenvalue weighted by Crippen LogP contribution is -2.19. The number of alkyl halides is 1. The molecule has 70 valence electrons. The predicted octanol–water partition coefficient (Wildman–Crippen LogP) is 2.54. The highest BCUT2D eigenvalue weighted by Crippen LogP contribution is 2.29. The average molecular weight is 198 g/mol. The molecule has 2 heterocycles. The van der Waals surface area contributed by atoms with Gasteiger partial charge in [0.25, 0.3) is 0 Å². The SMILES string of the molecule is ClC1CCOC(c2cccnc2)C1. The summed E-state index contributed by atoms with van der Waals surface area (Å²) in [6, 6.07) is 3.96. The molecule has 2 rings (SSSR count). The Balaban J connectivity index is 2.08. The van der Waals surface area contributed by atoms with Crippen molar-refractivity contribution in [2.45, 2.75) is 24.3 Å². The van der Waals surface area contributed by atoms with E-state index in [2.05, 4.69) is 4.98 Å². The number of aromatic nitrogens is 1. The van der Waals surface area contributed by atoms with E-state index in [-0.39, 0.29) is 11.5 Å². The average Bonchev–Trinajstić information content (AvgIpc) is 2.19. The Morgan fingerprint density at radius 3 is 3.15 bits per heavy atom. The van der Waals surface area contributed by atoms with Crippen molar-refractivity contribution in [1.29, 1.82) is 0 Å². The van der Waals surface area contributed by atoms with Gasteiger partial charge in [0.1, 0.15) is 0 Å². The van der Waals surface area contributed by atoms with Gasteiger partial charge in [-0.1, -0.05) is 6.07 Å². The van der Waals surface area contributed by atoms with Gasteiger partial charge in [-0.05, 0) is 24.5 Å². The first-order valence-electron chi connectivity index (χ1n) is 4.52. The van der Waals surface area contributed by atoms with Crippen LogP contribution in [-0.4, -0.2) is 17.0 Å². The summed E-state index contributed by atoms with van der Waals surface area (Å²) < 4.78 is 5.61. The summed E-state index contributed by atoms with van der Waals surface area (Å²) >= 11 is 6.06. The van der Waals surface area contributed by atoms with E-state index in [9.17, 15) is 0 Å². The van der Waals surface area contributed by atoms with E-state index in [4.69, 9.17) is 16.3 Å². The van der Waals surface area contributed by atoms with Crippen LogP contribution in [0.4, 0.5) is 0 Å². The summed E-state index contributed by atoms with van der Waals surface area (Å²) in [5, 5.41) is 0.249. The third kappa shape index (κ3) is 2.20. The Morgan fingerprint density at radius 2 is 2.46 bits per heavy atom. The Kier molecular flexibility index (Phi) is 2.81. The van der Waals surface area contributed by atoms with Gasteiger partial charge in [0.05, 0.1) is 6.10 Å². The molecule has 2 atom stereocenters. The summed E-state index contributed by atoms with van der Waals surface area (Å²) in [5.74, 6) is 0. The third-order valence-electron chi connectivity index (χ3n) is 2.28. The Morgan fingerprint density at radius 1 is 1.54 bits per heavy atom. The molecule has 1 saturated heterocycles. The Hall–Kier alpha value is -0.600. The van der Waals surface area contributed by atoms with Crippen LogP contribution in [0.2, 0.25) is 0 Å². The molecule has 1 aromatic rings. The minimum atomic E-state index is 0.143. The number of halogens is 1. The zero-order valence-corrected chi connectivity index (χ0v) is 8.07. The largest absolute Gasteiger partial charge is 0.373 e. The summed E-state index contributed by atoms with van der Waals surface area (Å²) in [5.41, 5.74) is 1.13. The minimum Gasteiger partial charge on any atom is -0.373 e. The second kappa shape index (κ2) is 4.07. The molecule has 13 heavy (non-hydrogen) atoms. The number of hydrogen-bond donors (Lipinski definition) is 0. The first kappa shape index (κ1) is 8.97. The van der Waals surface area contributed by atoms with Crippen LogP contribution < -0.4 is 0 Å². The normalized spacial score (nSPS) is 28.7. The zero-order valence-electron chi connectivity index (χ0n) is 7.32. The molecule has 2 nitrogen and oxygen atoms in total. The van der Waals surface area contributed by atoms with E-state index >= 15 is 0 Å². The molecule has 0 aliphatic carbocycles. The molecule has 1 aliphatic rings. The molecular weight excluding hydrogens is 186 g/mol. The Labute approximate surface area is 82.9 Å². The van der Waals surface area contributed by atoms with Crippen molar-refractivity contribution < 1.29 is 4.74 Å². The lowest BCUT2D eigenvalue weighted by Gasteiger charge is -2.25. The van der Waals surface area contributed by atoms with E-state index in [1.165, 1.54) is 0 Å². The molecule has 0 radical (unpaired) electrons. The van der Waals surface area contributed by atoms with Gasteiger partial charge in [-0.25, -0.2) is 0 Å². The van der Waals surface area contributed by atoms with Gasteiger partial charge in [0.15, 0.2) is 0 Å². The highest BCUT2D eigenvalue weighted by atomic mass is 35.5. The molecule has 0 N–H and O–H groups in total. The number of rotatable bonds is 1. The fourth-order valence-electron chi connectivity index (χ4n) is 1.56. The third-order valence-corrected chi connectivity index (χ3v) is 2.67. The molecule has 0 aromatic carbocycles. The first-order valence-corrected chi connectivity index (χ1v) is 4.95. The van der Waals surface area contributed by atoms with E-state index in [0.717, 1.165) is 25.0 Å². The van der Waals surface area contributed by atoms with E-state index < -0.39 is 0 Å². The summed E-state index contributed by atoms with van der Waals surface area (Å²) in [7, 11) is 0. The molecular formula is C10H12ClNO. The second-order valence-corrected chi connectivity index (χ2v) is 3.88. The minimum absolute atomic E-state index is 0.143. The molecule has 3 heteroatoms. The molecule has 0 spiro atoms. The van der Waals surface area contributed by atoms with Crippen molar-refractivity contribution in [2.75, 3.05) is 6.61 Å². The van der Waals surface area contributed by atoms with Gasteiger partial charge >= 0.3 is 0 Å². The van der Waals surface area contributed by atoms with Crippen molar-refractivity contribution in [3.8, 4) is 0 Å². The van der Waals surface area contributed by atoms with Gasteiger partial charge in [0.2, 0.25) is 0 Å². The Bertz CT molecular complexity index is 265. The second-order valence-electron chi connectivity index (χ2n) is 3.27. The summed E-state index contributed by atoms with van der Waals surface area (Å²) in [6.45, 7) is 0.758. The molecule has 0 saturated carbocycles. The molecule has 1 aliphatic heterocycles. The maximum absolute atomic E-state index is 6.06. The fraction of sp³-hybridized carbons (Fsp3) is 0.500. The van der Waals surface area contributed by atoms with Crippen molar-refractivity contribution in [1.82, 2.24) is 4.98 Å². The molecule has 0 amide bonds. The zero-order chi connectivity index (χ0) is 9.10. The molecule has 2 unspecified atom stereocenters. The highest BCUT2D eigenvalue weighted by Gasteiger charge is 2.21. The first-order chi connectivity index (χ1) is 6.36. The lowest BCUT2D eigenvalue weighted by atomic mass is 10.0. The molecule has 1 aromatic heterocycles. The van der Waals surface area contributed by atoms with Crippen LogP contribution in [0.15, 0.2) is 24.5 Å². The van der Waals surface area contributed by atoms with Crippen LogP contribution in [0.5, 0.6) is 0 Å². The number of ether oxygens (including phenoxy) is 1. The van der Waals surface area contributed by atoms with Crippen LogP contribution >= 0.6 is 11.6 Å². The van der Waals surface area contributed by atoms with Crippen LogP contribution in [0.3, 0.4) is 0 Å².